The Kier molecular flexibility index (Phi) is 2.59. The first kappa shape index (κ1) is 11.3. The third-order valence-electron chi connectivity index (χ3n) is 3.07. The fraction of sp³-hybridized carbons (Fsp3) is 0.357. The van der Waals surface area contributed by atoms with Gasteiger partial charge in [0, 0.05) is 11.5 Å². The average molecular weight is 246 g/mol. The third kappa shape index (κ3) is 2.11. The molecule has 1 atom stereocenters. The van der Waals surface area contributed by atoms with Crippen molar-refractivity contribution in [3.63, 3.8) is 0 Å². The highest BCUT2D eigenvalue weighted by molar-refractivity contribution is 5.82. The van der Waals surface area contributed by atoms with Crippen LogP contribution in [-0.4, -0.2) is 19.3 Å². The standard InChI is InChI=1S/C14H14O4/c1-8-4-14(15)18-13-3-9(2)12(5-11(8)13)17-7-10-6-16-10/h3-5,10H,6-7H2,1-2H3/t10-/m1/s1. The van der Waals surface area contributed by atoms with Crippen LogP contribution in [0.3, 0.4) is 0 Å². The van der Waals surface area contributed by atoms with Crippen LogP contribution in [0.2, 0.25) is 0 Å². The molecule has 3 rings (SSSR count). The predicted molar refractivity (Wildman–Crippen MR) is 67.2 cm³/mol. The van der Waals surface area contributed by atoms with Crippen LogP contribution in [0.1, 0.15) is 11.1 Å². The molecule has 0 saturated carbocycles. The molecule has 1 fully saturated rings. The highest BCUT2D eigenvalue weighted by atomic mass is 16.6. The fourth-order valence-corrected chi connectivity index (χ4v) is 1.95. The molecule has 2 aromatic rings. The average Bonchev–Trinajstić information content (AvgIpc) is 3.10. The molecule has 1 saturated heterocycles. The van der Waals surface area contributed by atoms with Gasteiger partial charge in [0.25, 0.3) is 0 Å². The maximum atomic E-state index is 11.3. The van der Waals surface area contributed by atoms with Gasteiger partial charge in [-0.05, 0) is 37.1 Å². The number of epoxide rings is 1. The molecule has 1 aromatic carbocycles. The molecule has 1 aliphatic rings. The van der Waals surface area contributed by atoms with Gasteiger partial charge in [-0.1, -0.05) is 0 Å². The van der Waals surface area contributed by atoms with Gasteiger partial charge in [-0.2, -0.15) is 0 Å². The summed E-state index contributed by atoms with van der Waals surface area (Å²) in [5.41, 5.74) is 2.14. The lowest BCUT2D eigenvalue weighted by atomic mass is 10.1. The van der Waals surface area contributed by atoms with Crippen molar-refractivity contribution >= 4 is 11.0 Å². The monoisotopic (exact) mass is 246 g/mol. The Balaban J connectivity index is 2.04. The van der Waals surface area contributed by atoms with Crippen molar-refractivity contribution in [3.05, 3.63) is 39.7 Å². The van der Waals surface area contributed by atoms with E-state index in [4.69, 9.17) is 13.9 Å². The van der Waals surface area contributed by atoms with Crippen LogP contribution in [0.15, 0.2) is 27.4 Å². The highest BCUT2D eigenvalue weighted by Gasteiger charge is 2.23. The van der Waals surface area contributed by atoms with Gasteiger partial charge in [0.2, 0.25) is 0 Å². The van der Waals surface area contributed by atoms with E-state index >= 15 is 0 Å². The Hall–Kier alpha value is -1.81. The largest absolute Gasteiger partial charge is 0.490 e. The van der Waals surface area contributed by atoms with Crippen molar-refractivity contribution in [1.82, 2.24) is 0 Å². The second-order valence-electron chi connectivity index (χ2n) is 4.63. The topological polar surface area (TPSA) is 52.0 Å². The van der Waals surface area contributed by atoms with E-state index in [1.165, 1.54) is 6.07 Å². The quantitative estimate of drug-likeness (QED) is 0.615. The van der Waals surface area contributed by atoms with Crippen LogP contribution >= 0.6 is 0 Å². The van der Waals surface area contributed by atoms with E-state index in [2.05, 4.69) is 0 Å². The molecule has 4 nitrogen and oxygen atoms in total. The summed E-state index contributed by atoms with van der Waals surface area (Å²) >= 11 is 0. The number of fused-ring (bicyclic) bond motifs is 1. The van der Waals surface area contributed by atoms with Crippen molar-refractivity contribution in [2.24, 2.45) is 0 Å². The summed E-state index contributed by atoms with van der Waals surface area (Å²) in [7, 11) is 0. The fourth-order valence-electron chi connectivity index (χ4n) is 1.95. The maximum absolute atomic E-state index is 11.3. The number of hydrogen-bond acceptors (Lipinski definition) is 4. The minimum Gasteiger partial charge on any atom is -0.490 e. The van der Waals surface area contributed by atoms with Gasteiger partial charge >= 0.3 is 5.63 Å². The summed E-state index contributed by atoms with van der Waals surface area (Å²) in [5, 5.41) is 0.909. The molecule has 0 unspecified atom stereocenters. The van der Waals surface area contributed by atoms with Crippen LogP contribution in [0.5, 0.6) is 5.75 Å². The second kappa shape index (κ2) is 4.14. The Labute approximate surface area is 104 Å². The van der Waals surface area contributed by atoms with Crippen LogP contribution < -0.4 is 10.4 Å². The van der Waals surface area contributed by atoms with Crippen LogP contribution in [0.25, 0.3) is 11.0 Å². The molecule has 1 aliphatic heterocycles. The van der Waals surface area contributed by atoms with Crippen LogP contribution in [0.4, 0.5) is 0 Å². The molecule has 0 radical (unpaired) electrons. The molecule has 0 N–H and O–H groups in total. The summed E-state index contributed by atoms with van der Waals surface area (Å²) in [6, 6.07) is 5.25. The van der Waals surface area contributed by atoms with E-state index < -0.39 is 0 Å². The Morgan fingerprint density at radius 3 is 2.78 bits per heavy atom. The van der Waals surface area contributed by atoms with Crippen LogP contribution in [-0.2, 0) is 4.74 Å². The van der Waals surface area contributed by atoms with Crippen molar-refractivity contribution < 1.29 is 13.9 Å². The summed E-state index contributed by atoms with van der Waals surface area (Å²) in [5.74, 6) is 0.815. The molecular formula is C14H14O4. The molecule has 0 amide bonds. The number of rotatable bonds is 3. The van der Waals surface area contributed by atoms with Gasteiger partial charge in [-0.3, -0.25) is 0 Å². The van der Waals surface area contributed by atoms with Crippen molar-refractivity contribution in [2.75, 3.05) is 13.2 Å². The third-order valence-corrected chi connectivity index (χ3v) is 3.07. The van der Waals surface area contributed by atoms with E-state index in [1.54, 1.807) is 0 Å². The van der Waals surface area contributed by atoms with E-state index in [9.17, 15) is 4.79 Å². The van der Waals surface area contributed by atoms with Crippen LogP contribution in [0, 0.1) is 13.8 Å². The SMILES string of the molecule is Cc1cc2oc(=O)cc(C)c2cc1OC[C@H]1CO1. The first-order valence-corrected chi connectivity index (χ1v) is 5.93. The summed E-state index contributed by atoms with van der Waals surface area (Å²) in [6.45, 7) is 5.18. The molecule has 2 heterocycles. The van der Waals surface area contributed by atoms with Crippen molar-refractivity contribution in [1.29, 1.82) is 0 Å². The zero-order valence-corrected chi connectivity index (χ0v) is 10.4. The smallest absolute Gasteiger partial charge is 0.336 e. The molecular weight excluding hydrogens is 232 g/mol. The molecule has 0 aliphatic carbocycles. The molecule has 1 aromatic heterocycles. The Morgan fingerprint density at radius 1 is 1.28 bits per heavy atom. The molecule has 4 heteroatoms. The maximum Gasteiger partial charge on any atom is 0.336 e. The predicted octanol–water partition coefficient (Wildman–Crippen LogP) is 2.19. The van der Waals surface area contributed by atoms with Gasteiger partial charge < -0.3 is 13.9 Å². The number of hydrogen-bond donors (Lipinski definition) is 0. The van der Waals surface area contributed by atoms with Gasteiger partial charge in [0.1, 0.15) is 24.0 Å². The zero-order chi connectivity index (χ0) is 12.7. The Bertz CT molecular complexity index is 653. The van der Waals surface area contributed by atoms with Gasteiger partial charge in [0.05, 0.1) is 6.61 Å². The molecule has 18 heavy (non-hydrogen) atoms. The van der Waals surface area contributed by atoms with Gasteiger partial charge in [-0.15, -0.1) is 0 Å². The highest BCUT2D eigenvalue weighted by Crippen LogP contribution is 2.27. The summed E-state index contributed by atoms with van der Waals surface area (Å²) < 4.78 is 16.0. The van der Waals surface area contributed by atoms with E-state index in [0.717, 1.165) is 28.9 Å². The number of benzene rings is 1. The van der Waals surface area contributed by atoms with Gasteiger partial charge in [-0.25, -0.2) is 4.79 Å². The van der Waals surface area contributed by atoms with Crippen molar-refractivity contribution in [3.8, 4) is 5.75 Å². The summed E-state index contributed by atoms with van der Waals surface area (Å²) in [6.07, 6.45) is 0.231. The molecule has 94 valence electrons. The molecule has 0 spiro atoms. The minimum atomic E-state index is -0.320. The summed E-state index contributed by atoms with van der Waals surface area (Å²) in [4.78, 5) is 11.3. The van der Waals surface area contributed by atoms with E-state index in [1.807, 2.05) is 26.0 Å². The normalized spacial score (nSPS) is 18.0. The van der Waals surface area contributed by atoms with E-state index in [-0.39, 0.29) is 11.7 Å². The lowest BCUT2D eigenvalue weighted by Crippen LogP contribution is -2.05. The first-order valence-electron chi connectivity index (χ1n) is 5.93. The Morgan fingerprint density at radius 2 is 2.06 bits per heavy atom. The minimum absolute atomic E-state index is 0.231. The number of ether oxygens (including phenoxy) is 2. The number of aryl methyl sites for hydroxylation is 2. The van der Waals surface area contributed by atoms with Gasteiger partial charge in [0.15, 0.2) is 0 Å². The lowest BCUT2D eigenvalue weighted by Gasteiger charge is -2.09. The lowest BCUT2D eigenvalue weighted by molar-refractivity contribution is 0.262. The zero-order valence-electron chi connectivity index (χ0n) is 10.4. The first-order chi connectivity index (χ1) is 8.63. The second-order valence-corrected chi connectivity index (χ2v) is 4.63. The molecule has 0 bridgehead atoms. The van der Waals surface area contributed by atoms with E-state index in [0.29, 0.717) is 12.2 Å². The van der Waals surface area contributed by atoms with Crippen molar-refractivity contribution in [2.45, 2.75) is 20.0 Å².